The molecule has 3 aromatic rings. The number of hydrogen-bond donors (Lipinski definition) is 2. The first kappa shape index (κ1) is 21.1. The number of ether oxygens (including phenoxy) is 1. The molecule has 2 N–H and O–H groups in total. The summed E-state index contributed by atoms with van der Waals surface area (Å²) in [5.74, 6) is -0.321. The maximum atomic E-state index is 13.4. The van der Waals surface area contributed by atoms with Crippen LogP contribution in [0.15, 0.2) is 88.7 Å². The van der Waals surface area contributed by atoms with Gasteiger partial charge in [-0.3, -0.25) is 14.5 Å². The van der Waals surface area contributed by atoms with Gasteiger partial charge < -0.3 is 15.4 Å². The molecule has 1 atom stereocenters. The molecular weight excluding hydrogens is 438 g/mol. The van der Waals surface area contributed by atoms with Crippen LogP contribution in [0.25, 0.3) is 0 Å². The minimum absolute atomic E-state index is 0.299. The van der Waals surface area contributed by atoms with Crippen LogP contribution in [0.4, 0.5) is 10.5 Å². The Hall–Kier alpha value is -3.78. The number of hydrogen-bond acceptors (Lipinski definition) is 5. The first-order valence-corrected chi connectivity index (χ1v) is 11.4. The number of fused-ring (bicyclic) bond motifs is 2. The number of urea groups is 1. The lowest BCUT2D eigenvalue weighted by atomic mass is 9.84. The summed E-state index contributed by atoms with van der Waals surface area (Å²) >= 11 is 1.52. The van der Waals surface area contributed by atoms with Crippen molar-refractivity contribution in [2.75, 3.05) is 18.5 Å². The number of imide groups is 1. The van der Waals surface area contributed by atoms with Crippen LogP contribution in [0, 0.1) is 0 Å². The molecule has 1 fully saturated rings. The highest BCUT2D eigenvalue weighted by Gasteiger charge is 2.55. The van der Waals surface area contributed by atoms with Crippen molar-refractivity contribution in [2.45, 2.75) is 21.8 Å². The Morgan fingerprint density at radius 3 is 2.58 bits per heavy atom. The molecule has 7 nitrogen and oxygen atoms in total. The molecule has 1 spiro atoms. The van der Waals surface area contributed by atoms with E-state index in [9.17, 15) is 14.4 Å². The molecule has 166 valence electrons. The Kier molecular flexibility index (Phi) is 5.51. The van der Waals surface area contributed by atoms with E-state index >= 15 is 0 Å². The van der Waals surface area contributed by atoms with Crippen molar-refractivity contribution in [3.8, 4) is 5.75 Å². The minimum atomic E-state index is -1.20. The van der Waals surface area contributed by atoms with E-state index in [1.165, 1.54) is 11.8 Å². The smallest absolute Gasteiger partial charge is 0.325 e. The van der Waals surface area contributed by atoms with Crippen LogP contribution >= 0.6 is 11.8 Å². The molecule has 2 aliphatic rings. The number of para-hydroxylation sites is 2. The first-order chi connectivity index (χ1) is 16.1. The number of anilines is 1. The van der Waals surface area contributed by atoms with Crippen LogP contribution in [0.1, 0.15) is 12.0 Å². The van der Waals surface area contributed by atoms with Gasteiger partial charge in [-0.15, -0.1) is 0 Å². The van der Waals surface area contributed by atoms with E-state index in [2.05, 4.69) is 10.6 Å². The molecule has 0 saturated carbocycles. The lowest BCUT2D eigenvalue weighted by Crippen LogP contribution is -2.48. The van der Waals surface area contributed by atoms with E-state index in [0.717, 1.165) is 14.7 Å². The Morgan fingerprint density at radius 1 is 1.00 bits per heavy atom. The van der Waals surface area contributed by atoms with Crippen molar-refractivity contribution in [2.24, 2.45) is 0 Å². The Balaban J connectivity index is 1.33. The molecule has 3 aromatic carbocycles. The molecule has 33 heavy (non-hydrogen) atoms. The lowest BCUT2D eigenvalue weighted by molar-refractivity contribution is -0.135. The average molecular weight is 460 g/mol. The highest BCUT2D eigenvalue weighted by Crippen LogP contribution is 2.41. The van der Waals surface area contributed by atoms with Gasteiger partial charge in [0.05, 0.1) is 12.3 Å². The van der Waals surface area contributed by atoms with E-state index in [-0.39, 0.29) is 6.54 Å². The van der Waals surface area contributed by atoms with Crippen LogP contribution in [-0.4, -0.2) is 35.9 Å². The topological polar surface area (TPSA) is 87.7 Å². The lowest BCUT2D eigenvalue weighted by Gasteiger charge is -2.33. The zero-order valence-electron chi connectivity index (χ0n) is 17.6. The predicted octanol–water partition coefficient (Wildman–Crippen LogP) is 4.01. The van der Waals surface area contributed by atoms with E-state index < -0.39 is 23.4 Å². The molecule has 0 aromatic heterocycles. The normalized spacial score (nSPS) is 19.1. The van der Waals surface area contributed by atoms with Crippen molar-refractivity contribution >= 4 is 35.3 Å². The predicted molar refractivity (Wildman–Crippen MR) is 124 cm³/mol. The molecule has 1 saturated heterocycles. The third-order valence-corrected chi connectivity index (χ3v) is 6.77. The molecule has 5 rings (SSSR count). The van der Waals surface area contributed by atoms with Crippen LogP contribution < -0.4 is 15.4 Å². The summed E-state index contributed by atoms with van der Waals surface area (Å²) in [6.07, 6.45) is 0.309. The molecular formula is C25H21N3O4S. The summed E-state index contributed by atoms with van der Waals surface area (Å²) in [7, 11) is 0. The van der Waals surface area contributed by atoms with Gasteiger partial charge in [-0.05, 0) is 30.3 Å². The summed E-state index contributed by atoms with van der Waals surface area (Å²) in [4.78, 5) is 41.8. The summed E-state index contributed by atoms with van der Waals surface area (Å²) in [6.45, 7) is -0.0765. The summed E-state index contributed by atoms with van der Waals surface area (Å²) < 4.78 is 5.65. The number of nitrogens with one attached hydrogen (secondary N) is 2. The molecule has 8 heteroatoms. The van der Waals surface area contributed by atoms with Crippen molar-refractivity contribution in [3.63, 3.8) is 0 Å². The minimum Gasteiger partial charge on any atom is -0.493 e. The monoisotopic (exact) mass is 459 g/mol. The molecule has 4 amide bonds. The highest BCUT2D eigenvalue weighted by atomic mass is 32.2. The van der Waals surface area contributed by atoms with Crippen molar-refractivity contribution in [1.29, 1.82) is 0 Å². The van der Waals surface area contributed by atoms with Gasteiger partial charge in [0.2, 0.25) is 5.91 Å². The van der Waals surface area contributed by atoms with Crippen LogP contribution in [0.2, 0.25) is 0 Å². The molecule has 0 radical (unpaired) electrons. The fraction of sp³-hybridized carbons (Fsp3) is 0.160. The molecule has 0 aliphatic carbocycles. The van der Waals surface area contributed by atoms with E-state index in [1.54, 1.807) is 24.3 Å². The van der Waals surface area contributed by atoms with Crippen molar-refractivity contribution < 1.29 is 19.1 Å². The van der Waals surface area contributed by atoms with E-state index in [4.69, 9.17) is 4.74 Å². The second-order valence-electron chi connectivity index (χ2n) is 7.78. The molecule has 0 bridgehead atoms. The van der Waals surface area contributed by atoms with Gasteiger partial charge >= 0.3 is 6.03 Å². The number of carbonyl (C=O) groups excluding carboxylic acids is 3. The van der Waals surface area contributed by atoms with Gasteiger partial charge in [0.15, 0.2) is 5.54 Å². The van der Waals surface area contributed by atoms with Gasteiger partial charge in [0, 0.05) is 21.8 Å². The maximum absolute atomic E-state index is 13.4. The molecule has 2 aliphatic heterocycles. The van der Waals surface area contributed by atoms with Gasteiger partial charge in [-0.2, -0.15) is 0 Å². The second-order valence-corrected chi connectivity index (χ2v) is 8.90. The van der Waals surface area contributed by atoms with Crippen LogP contribution in [0.3, 0.4) is 0 Å². The SMILES string of the molecule is O=C(CN1C(=O)NC2(CCOc3ccccc32)C1=O)Nc1ccccc1Sc1ccccc1. The number of carbonyl (C=O) groups is 3. The third kappa shape index (κ3) is 3.93. The standard InChI is InChI=1S/C25H21N3O4S/c29-22(26-19-11-5-7-13-21(19)33-17-8-2-1-3-9-17)16-28-23(30)25(27-24(28)31)14-15-32-20-12-6-4-10-18(20)25/h1-13H,14-16H2,(H,26,29)(H,27,31). The highest BCUT2D eigenvalue weighted by molar-refractivity contribution is 7.99. The van der Waals surface area contributed by atoms with Crippen molar-refractivity contribution in [1.82, 2.24) is 10.2 Å². The average Bonchev–Trinajstić information content (AvgIpc) is 3.06. The van der Waals surface area contributed by atoms with Crippen molar-refractivity contribution in [3.05, 3.63) is 84.4 Å². The molecule has 2 heterocycles. The zero-order valence-corrected chi connectivity index (χ0v) is 18.4. The van der Waals surface area contributed by atoms with E-state index in [1.807, 2.05) is 54.6 Å². The Labute approximate surface area is 195 Å². The summed E-state index contributed by atoms with van der Waals surface area (Å²) in [5.41, 5.74) is 0.0319. The second kappa shape index (κ2) is 8.63. The van der Waals surface area contributed by atoms with Gasteiger partial charge in [-0.25, -0.2) is 4.79 Å². The largest absolute Gasteiger partial charge is 0.493 e. The zero-order chi connectivity index (χ0) is 22.8. The number of benzene rings is 3. The Bertz CT molecular complexity index is 1230. The van der Waals surface area contributed by atoms with Crippen LogP contribution in [0.5, 0.6) is 5.75 Å². The number of nitrogens with zero attached hydrogens (tertiary/aromatic N) is 1. The van der Waals surface area contributed by atoms with Gasteiger partial charge in [0.1, 0.15) is 12.3 Å². The van der Waals surface area contributed by atoms with Gasteiger partial charge in [-0.1, -0.05) is 60.3 Å². The molecule has 1 unspecified atom stereocenters. The summed E-state index contributed by atoms with van der Waals surface area (Å²) in [6, 6.07) is 23.8. The quantitative estimate of drug-likeness (QED) is 0.563. The van der Waals surface area contributed by atoms with Gasteiger partial charge in [0.25, 0.3) is 5.91 Å². The number of amides is 4. The number of rotatable bonds is 5. The van der Waals surface area contributed by atoms with E-state index in [0.29, 0.717) is 30.0 Å². The third-order valence-electron chi connectivity index (χ3n) is 5.69. The summed E-state index contributed by atoms with van der Waals surface area (Å²) in [5, 5.41) is 5.66. The maximum Gasteiger partial charge on any atom is 0.325 e. The Morgan fingerprint density at radius 2 is 1.73 bits per heavy atom. The van der Waals surface area contributed by atoms with Crippen LogP contribution in [-0.2, 0) is 15.1 Å². The fourth-order valence-electron chi connectivity index (χ4n) is 4.12. The fourth-order valence-corrected chi connectivity index (χ4v) is 5.05. The first-order valence-electron chi connectivity index (χ1n) is 10.5.